The number of rotatable bonds is 3. The molecule has 2 rings (SSSR count). The molecule has 0 radical (unpaired) electrons. The van der Waals surface area contributed by atoms with E-state index in [0.717, 1.165) is 29.9 Å². The summed E-state index contributed by atoms with van der Waals surface area (Å²) in [5.41, 5.74) is 0.253. The van der Waals surface area contributed by atoms with Gasteiger partial charge in [0.05, 0.1) is 16.7 Å². The van der Waals surface area contributed by atoms with Crippen molar-refractivity contribution in [3.8, 4) is 0 Å². The number of anilines is 1. The molecule has 0 aliphatic rings. The Morgan fingerprint density at radius 3 is 2.42 bits per heavy atom. The number of hydrogen-bond acceptors (Lipinski definition) is 7. The Hall–Kier alpha value is -0.230. The zero-order valence-electron chi connectivity index (χ0n) is 9.95. The summed E-state index contributed by atoms with van der Waals surface area (Å²) in [7, 11) is -7.98. The predicted octanol–water partition coefficient (Wildman–Crippen LogP) is -2.42. The molecule has 0 aliphatic carbocycles. The van der Waals surface area contributed by atoms with Gasteiger partial charge in [-0.3, -0.25) is 4.72 Å². The fourth-order valence-corrected chi connectivity index (χ4v) is 3.47. The van der Waals surface area contributed by atoms with Crippen LogP contribution < -0.4 is 34.3 Å². The van der Waals surface area contributed by atoms with Gasteiger partial charge >= 0.3 is 29.6 Å². The van der Waals surface area contributed by atoms with Gasteiger partial charge < -0.3 is 4.55 Å². The van der Waals surface area contributed by atoms with Gasteiger partial charge in [0, 0.05) is 5.39 Å². The number of benzene rings is 1. The normalized spacial score (nSPS) is 12.1. The van der Waals surface area contributed by atoms with Crippen LogP contribution in [-0.4, -0.2) is 32.0 Å². The van der Waals surface area contributed by atoms with Crippen LogP contribution in [0.3, 0.4) is 0 Å². The van der Waals surface area contributed by atoms with Crippen LogP contribution in [0, 0.1) is 0 Å². The summed E-state index contributed by atoms with van der Waals surface area (Å²) >= 11 is 0.872. The fraction of sp³-hybridized carbons (Fsp3) is 0.125. The fourth-order valence-electron chi connectivity index (χ4n) is 1.32. The molecule has 7 nitrogen and oxygen atoms in total. The zero-order valence-corrected chi connectivity index (χ0v) is 14.4. The maximum atomic E-state index is 11.1. The maximum Gasteiger partial charge on any atom is 1.00 e. The van der Waals surface area contributed by atoms with Crippen LogP contribution >= 0.6 is 11.5 Å². The van der Waals surface area contributed by atoms with Crippen LogP contribution in [0.4, 0.5) is 5.00 Å². The first-order valence-corrected chi connectivity index (χ1v) is 8.57. The summed E-state index contributed by atoms with van der Waals surface area (Å²) in [6, 6.07) is 3.57. The van der Waals surface area contributed by atoms with Gasteiger partial charge in [0.2, 0.25) is 10.0 Å². The molecule has 0 saturated heterocycles. The average molecular weight is 330 g/mol. The molecule has 0 unspecified atom stereocenters. The monoisotopic (exact) mass is 330 g/mol. The van der Waals surface area contributed by atoms with Gasteiger partial charge in [-0.2, -0.15) is 4.37 Å². The van der Waals surface area contributed by atoms with Crippen LogP contribution in [0.5, 0.6) is 0 Å². The molecule has 0 atom stereocenters. The molecule has 1 heterocycles. The van der Waals surface area contributed by atoms with Crippen molar-refractivity contribution in [1.82, 2.24) is 4.37 Å². The topological polar surface area (TPSA) is 116 Å². The first-order chi connectivity index (χ1) is 8.17. The standard InChI is InChI=1S/C8H8N2O5S3.Na/c1-17(11,12)10-8-6-3-2-5(18(13,14)15)4-7(6)9-16-8;/h2-4,10H,1H3,(H,13,14,15);/q;+1/p-1. The number of aromatic nitrogens is 1. The minimum atomic E-state index is -4.54. The molecule has 0 saturated carbocycles. The Kier molecular flexibility index (Phi) is 4.99. The van der Waals surface area contributed by atoms with Crippen molar-refractivity contribution in [1.29, 1.82) is 0 Å². The van der Waals surface area contributed by atoms with Gasteiger partial charge in [0.15, 0.2) is 0 Å². The van der Waals surface area contributed by atoms with Crippen molar-refractivity contribution >= 4 is 47.6 Å². The van der Waals surface area contributed by atoms with E-state index in [0.29, 0.717) is 5.39 Å². The summed E-state index contributed by atoms with van der Waals surface area (Å²) in [6.07, 6.45) is 0.995. The maximum absolute atomic E-state index is 11.1. The Labute approximate surface area is 136 Å². The van der Waals surface area contributed by atoms with Gasteiger partial charge in [-0.1, -0.05) is 0 Å². The molecular formula is C8H7N2NaO5S3. The molecule has 2 aromatic rings. The molecule has 0 bridgehead atoms. The smallest absolute Gasteiger partial charge is 0.744 e. The SMILES string of the molecule is CS(=O)(=O)Nc1snc2cc(S(=O)(=O)[O-])ccc12.[Na+]. The number of hydrogen-bond donors (Lipinski definition) is 1. The largest absolute Gasteiger partial charge is 1.00 e. The van der Waals surface area contributed by atoms with E-state index >= 15 is 0 Å². The number of fused-ring (bicyclic) bond motifs is 1. The Morgan fingerprint density at radius 2 is 1.89 bits per heavy atom. The molecule has 98 valence electrons. The van der Waals surface area contributed by atoms with Crippen LogP contribution in [0.1, 0.15) is 0 Å². The molecule has 0 amide bonds. The molecule has 0 spiro atoms. The van der Waals surface area contributed by atoms with E-state index < -0.39 is 25.0 Å². The van der Waals surface area contributed by atoms with Gasteiger partial charge in [-0.15, -0.1) is 0 Å². The average Bonchev–Trinajstić information content (AvgIpc) is 2.57. The van der Waals surface area contributed by atoms with E-state index in [2.05, 4.69) is 9.10 Å². The van der Waals surface area contributed by atoms with Crippen LogP contribution in [-0.2, 0) is 20.1 Å². The summed E-state index contributed by atoms with van der Waals surface area (Å²) in [4.78, 5) is -0.397. The molecule has 1 aromatic heterocycles. The summed E-state index contributed by atoms with van der Waals surface area (Å²) in [5.74, 6) is 0. The molecule has 11 heteroatoms. The van der Waals surface area contributed by atoms with Gasteiger partial charge in [0.1, 0.15) is 15.1 Å². The van der Waals surface area contributed by atoms with E-state index in [1.807, 2.05) is 0 Å². The van der Waals surface area contributed by atoms with E-state index in [4.69, 9.17) is 0 Å². The van der Waals surface area contributed by atoms with Crippen molar-refractivity contribution < 1.29 is 50.9 Å². The number of sulfonamides is 1. The quantitative estimate of drug-likeness (QED) is 0.494. The van der Waals surface area contributed by atoms with Gasteiger partial charge in [-0.05, 0) is 29.7 Å². The molecule has 1 N–H and O–H groups in total. The zero-order chi connectivity index (χ0) is 13.6. The van der Waals surface area contributed by atoms with Crippen molar-refractivity contribution in [3.05, 3.63) is 18.2 Å². The second kappa shape index (κ2) is 5.64. The predicted molar refractivity (Wildman–Crippen MR) is 66.0 cm³/mol. The third kappa shape index (κ3) is 4.12. The first kappa shape index (κ1) is 16.8. The van der Waals surface area contributed by atoms with Crippen molar-refractivity contribution in [3.63, 3.8) is 0 Å². The van der Waals surface area contributed by atoms with Crippen molar-refractivity contribution in [2.24, 2.45) is 0 Å². The van der Waals surface area contributed by atoms with Crippen LogP contribution in [0.15, 0.2) is 23.1 Å². The molecular weight excluding hydrogens is 323 g/mol. The van der Waals surface area contributed by atoms with Crippen molar-refractivity contribution in [2.75, 3.05) is 11.0 Å². The summed E-state index contributed by atoms with van der Waals surface area (Å²) in [6.45, 7) is 0. The Morgan fingerprint density at radius 1 is 1.26 bits per heavy atom. The second-order valence-corrected chi connectivity index (χ2v) is 7.42. The second-order valence-electron chi connectivity index (χ2n) is 3.52. The van der Waals surface area contributed by atoms with Crippen molar-refractivity contribution in [2.45, 2.75) is 4.90 Å². The minimum absolute atomic E-state index is 0. The number of nitrogens with zero attached hydrogens (tertiary/aromatic N) is 1. The van der Waals surface area contributed by atoms with Crippen LogP contribution in [0.2, 0.25) is 0 Å². The molecule has 0 aliphatic heterocycles. The van der Waals surface area contributed by atoms with Crippen LogP contribution in [0.25, 0.3) is 10.9 Å². The van der Waals surface area contributed by atoms with Gasteiger partial charge in [-0.25, -0.2) is 16.8 Å². The van der Waals surface area contributed by atoms with E-state index in [1.165, 1.54) is 6.07 Å². The minimum Gasteiger partial charge on any atom is -0.744 e. The number of nitrogens with one attached hydrogen (secondary N) is 1. The van der Waals surface area contributed by atoms with Gasteiger partial charge in [0.25, 0.3) is 0 Å². The molecule has 19 heavy (non-hydrogen) atoms. The molecule has 0 fully saturated rings. The third-order valence-electron chi connectivity index (χ3n) is 2.02. The third-order valence-corrected chi connectivity index (χ3v) is 4.34. The Bertz CT molecular complexity index is 812. The van der Waals surface area contributed by atoms with E-state index in [9.17, 15) is 21.4 Å². The summed E-state index contributed by atoms with van der Waals surface area (Å²) < 4.78 is 60.8. The Balaban J connectivity index is 0.00000180. The van der Waals surface area contributed by atoms with E-state index in [1.54, 1.807) is 0 Å². The summed E-state index contributed by atoms with van der Waals surface area (Å²) in [5, 5.41) is 0.722. The first-order valence-electron chi connectivity index (χ1n) is 4.50. The van der Waals surface area contributed by atoms with E-state index in [-0.39, 0.29) is 40.1 Å². The molecule has 1 aromatic carbocycles.